The molecule has 0 aliphatic carbocycles. The molecule has 19 heavy (non-hydrogen) atoms. The minimum absolute atomic E-state index is 0.0537. The van der Waals surface area contributed by atoms with Gasteiger partial charge in [0.05, 0.1) is 25.9 Å². The molecule has 1 aromatic rings. The zero-order valence-corrected chi connectivity index (χ0v) is 11.3. The average molecular weight is 267 g/mol. The highest BCUT2D eigenvalue weighted by atomic mass is 16.6. The molecule has 0 spiro atoms. The first-order valence-electron chi connectivity index (χ1n) is 6.47. The van der Waals surface area contributed by atoms with Crippen LogP contribution in [0.4, 0.5) is 11.6 Å². The summed E-state index contributed by atoms with van der Waals surface area (Å²) >= 11 is 0. The molecule has 4 N–H and O–H groups in total. The molecule has 1 fully saturated rings. The molecule has 1 atom stereocenters. The molecule has 7 heteroatoms. The molecule has 7 nitrogen and oxygen atoms in total. The van der Waals surface area contributed by atoms with Crippen molar-refractivity contribution in [2.75, 3.05) is 37.1 Å². The van der Waals surface area contributed by atoms with Crippen molar-refractivity contribution in [1.82, 2.24) is 9.97 Å². The van der Waals surface area contributed by atoms with Crippen molar-refractivity contribution in [2.45, 2.75) is 25.9 Å². The van der Waals surface area contributed by atoms with Crippen molar-refractivity contribution in [3.8, 4) is 0 Å². The number of anilines is 2. The van der Waals surface area contributed by atoms with Crippen LogP contribution in [0.25, 0.3) is 0 Å². The largest absolute Gasteiger partial charge is 0.376 e. The molecule has 1 aliphatic heterocycles. The van der Waals surface area contributed by atoms with Gasteiger partial charge >= 0.3 is 0 Å². The van der Waals surface area contributed by atoms with Crippen LogP contribution in [0, 0.1) is 0 Å². The Morgan fingerprint density at radius 3 is 2.79 bits per heavy atom. The van der Waals surface area contributed by atoms with Crippen molar-refractivity contribution in [3.63, 3.8) is 0 Å². The number of nitrogen functional groups attached to an aromatic ring is 1. The number of nitrogens with one attached hydrogen (secondary N) is 2. The van der Waals surface area contributed by atoms with Crippen molar-refractivity contribution in [2.24, 2.45) is 5.84 Å². The smallest absolute Gasteiger partial charge is 0.148 e. The van der Waals surface area contributed by atoms with Crippen LogP contribution in [0.5, 0.6) is 0 Å². The SMILES string of the molecule is CC(C)c1c(NN)ncnc1NCC1COCCO1. The molecule has 0 saturated carbocycles. The summed E-state index contributed by atoms with van der Waals surface area (Å²) in [6.45, 7) is 6.72. The number of hydrogen-bond donors (Lipinski definition) is 3. The molecule has 0 bridgehead atoms. The van der Waals surface area contributed by atoms with Gasteiger partial charge in [-0.15, -0.1) is 0 Å². The quantitative estimate of drug-likeness (QED) is 0.534. The number of ether oxygens (including phenoxy) is 2. The number of rotatable bonds is 5. The standard InChI is InChI=1S/C12H21N5O2/c1-8(2)10-11(15-7-16-12(10)17-13)14-5-9-6-18-3-4-19-9/h7-9H,3-6,13H2,1-2H3,(H2,14,15,16,17). The second kappa shape index (κ2) is 6.65. The van der Waals surface area contributed by atoms with Crippen molar-refractivity contribution in [3.05, 3.63) is 11.9 Å². The number of nitrogens with two attached hydrogens (primary N) is 1. The third kappa shape index (κ3) is 3.52. The fraction of sp³-hybridized carbons (Fsp3) is 0.667. The Morgan fingerprint density at radius 2 is 2.16 bits per heavy atom. The van der Waals surface area contributed by atoms with Gasteiger partial charge in [-0.05, 0) is 5.92 Å². The molecule has 1 aromatic heterocycles. The van der Waals surface area contributed by atoms with Crippen LogP contribution >= 0.6 is 0 Å². The van der Waals surface area contributed by atoms with Gasteiger partial charge < -0.3 is 20.2 Å². The highest BCUT2D eigenvalue weighted by Crippen LogP contribution is 2.27. The summed E-state index contributed by atoms with van der Waals surface area (Å²) in [5, 5.41) is 3.29. The van der Waals surface area contributed by atoms with Crippen molar-refractivity contribution in [1.29, 1.82) is 0 Å². The predicted molar refractivity (Wildman–Crippen MR) is 73.0 cm³/mol. The number of hydrazine groups is 1. The Bertz CT molecular complexity index is 407. The summed E-state index contributed by atoms with van der Waals surface area (Å²) in [4.78, 5) is 8.41. The predicted octanol–water partition coefficient (Wildman–Crippen LogP) is 0.713. The van der Waals surface area contributed by atoms with E-state index in [1.165, 1.54) is 6.33 Å². The second-order valence-electron chi connectivity index (χ2n) is 4.73. The van der Waals surface area contributed by atoms with E-state index >= 15 is 0 Å². The maximum Gasteiger partial charge on any atom is 0.148 e. The molecule has 0 amide bonds. The Morgan fingerprint density at radius 1 is 1.37 bits per heavy atom. The first-order valence-corrected chi connectivity index (χ1v) is 6.47. The van der Waals surface area contributed by atoms with E-state index in [-0.39, 0.29) is 12.0 Å². The fourth-order valence-electron chi connectivity index (χ4n) is 2.06. The lowest BCUT2D eigenvalue weighted by Gasteiger charge is -2.24. The van der Waals surface area contributed by atoms with Crippen LogP contribution < -0.4 is 16.6 Å². The van der Waals surface area contributed by atoms with Crippen LogP contribution in [0.3, 0.4) is 0 Å². The van der Waals surface area contributed by atoms with Crippen LogP contribution in [-0.2, 0) is 9.47 Å². The lowest BCUT2D eigenvalue weighted by Crippen LogP contribution is -2.34. The van der Waals surface area contributed by atoms with E-state index in [2.05, 4.69) is 34.6 Å². The third-order valence-corrected chi connectivity index (χ3v) is 2.98. The molecule has 2 rings (SSSR count). The summed E-state index contributed by atoms with van der Waals surface area (Å²) < 4.78 is 10.9. The van der Waals surface area contributed by atoms with E-state index in [0.29, 0.717) is 32.2 Å². The van der Waals surface area contributed by atoms with Gasteiger partial charge in [0.25, 0.3) is 0 Å². The van der Waals surface area contributed by atoms with E-state index in [0.717, 1.165) is 11.4 Å². The first kappa shape index (κ1) is 14.0. The zero-order chi connectivity index (χ0) is 13.7. The van der Waals surface area contributed by atoms with Gasteiger partial charge in [0, 0.05) is 12.1 Å². The summed E-state index contributed by atoms with van der Waals surface area (Å²) in [6.07, 6.45) is 1.54. The molecule has 0 aromatic carbocycles. The number of aromatic nitrogens is 2. The molecule has 1 aliphatic rings. The molecule has 1 unspecified atom stereocenters. The highest BCUT2D eigenvalue weighted by Gasteiger charge is 2.17. The lowest BCUT2D eigenvalue weighted by atomic mass is 10.0. The van der Waals surface area contributed by atoms with Crippen LogP contribution in [-0.4, -0.2) is 42.4 Å². The van der Waals surface area contributed by atoms with Gasteiger partial charge in [0.2, 0.25) is 0 Å². The van der Waals surface area contributed by atoms with Crippen LogP contribution in [0.2, 0.25) is 0 Å². The van der Waals surface area contributed by atoms with E-state index < -0.39 is 0 Å². The van der Waals surface area contributed by atoms with Gasteiger partial charge in [0.15, 0.2) is 0 Å². The van der Waals surface area contributed by atoms with Crippen molar-refractivity contribution >= 4 is 11.6 Å². The highest BCUT2D eigenvalue weighted by molar-refractivity contribution is 5.58. The fourth-order valence-corrected chi connectivity index (χ4v) is 2.06. The zero-order valence-electron chi connectivity index (χ0n) is 11.3. The van der Waals surface area contributed by atoms with E-state index in [9.17, 15) is 0 Å². The normalized spacial score (nSPS) is 19.5. The lowest BCUT2D eigenvalue weighted by molar-refractivity contribution is -0.0819. The second-order valence-corrected chi connectivity index (χ2v) is 4.73. The molecule has 1 saturated heterocycles. The van der Waals surface area contributed by atoms with Gasteiger partial charge in [-0.2, -0.15) is 0 Å². The first-order chi connectivity index (χ1) is 9.22. The van der Waals surface area contributed by atoms with E-state index in [1.54, 1.807) is 0 Å². The number of nitrogens with zero attached hydrogens (tertiary/aromatic N) is 2. The molecular formula is C12H21N5O2. The van der Waals surface area contributed by atoms with Gasteiger partial charge in [-0.3, -0.25) is 0 Å². The van der Waals surface area contributed by atoms with Crippen molar-refractivity contribution < 1.29 is 9.47 Å². The Labute approximate surface area is 112 Å². The van der Waals surface area contributed by atoms with Gasteiger partial charge in [0.1, 0.15) is 18.0 Å². The molecule has 106 valence electrons. The topological polar surface area (TPSA) is 94.3 Å². The van der Waals surface area contributed by atoms with Gasteiger partial charge in [-0.1, -0.05) is 13.8 Å². The van der Waals surface area contributed by atoms with E-state index in [1.807, 2.05) is 0 Å². The number of hydrogen-bond acceptors (Lipinski definition) is 7. The average Bonchev–Trinajstić information content (AvgIpc) is 2.45. The maximum absolute atomic E-state index is 5.59. The molecular weight excluding hydrogens is 246 g/mol. The summed E-state index contributed by atoms with van der Waals surface area (Å²) in [5.41, 5.74) is 3.58. The molecule has 0 radical (unpaired) electrons. The van der Waals surface area contributed by atoms with E-state index in [4.69, 9.17) is 15.3 Å². The Hall–Kier alpha value is -1.44. The minimum Gasteiger partial charge on any atom is -0.376 e. The monoisotopic (exact) mass is 267 g/mol. The summed E-state index contributed by atoms with van der Waals surface area (Å²) in [7, 11) is 0. The summed E-state index contributed by atoms with van der Waals surface area (Å²) in [6, 6.07) is 0. The minimum atomic E-state index is 0.0537. The third-order valence-electron chi connectivity index (χ3n) is 2.98. The Balaban J connectivity index is 2.06. The summed E-state index contributed by atoms with van der Waals surface area (Å²) in [5.74, 6) is 7.18. The van der Waals surface area contributed by atoms with Crippen LogP contribution in [0.1, 0.15) is 25.3 Å². The Kier molecular flexibility index (Phi) is 4.89. The maximum atomic E-state index is 5.59. The van der Waals surface area contributed by atoms with Gasteiger partial charge in [-0.25, -0.2) is 15.8 Å². The van der Waals surface area contributed by atoms with Crippen LogP contribution in [0.15, 0.2) is 6.33 Å². The molecule has 2 heterocycles.